The summed E-state index contributed by atoms with van der Waals surface area (Å²) in [5.41, 5.74) is 1.59. The van der Waals surface area contributed by atoms with E-state index >= 15 is 0 Å². The van der Waals surface area contributed by atoms with Crippen LogP contribution in [0, 0.1) is 0 Å². The van der Waals surface area contributed by atoms with Crippen molar-refractivity contribution >= 4 is 17.4 Å². The minimum absolute atomic E-state index is 0.0545. The highest BCUT2D eigenvalue weighted by Crippen LogP contribution is 2.17. The molecule has 3 aromatic rings. The van der Waals surface area contributed by atoms with E-state index < -0.39 is 0 Å². The Morgan fingerprint density at radius 2 is 1.86 bits per heavy atom. The van der Waals surface area contributed by atoms with Crippen LogP contribution in [-0.4, -0.2) is 31.9 Å². The van der Waals surface area contributed by atoms with Crippen LogP contribution in [0.25, 0.3) is 0 Å². The van der Waals surface area contributed by atoms with Gasteiger partial charge >= 0.3 is 0 Å². The molecule has 0 bridgehead atoms. The summed E-state index contributed by atoms with van der Waals surface area (Å²) in [6.45, 7) is 5.69. The Bertz CT molecular complexity index is 980. The van der Waals surface area contributed by atoms with E-state index in [-0.39, 0.29) is 24.3 Å². The predicted molar refractivity (Wildman–Crippen MR) is 103 cm³/mol. The molecule has 0 saturated carbocycles. The van der Waals surface area contributed by atoms with Gasteiger partial charge in [0.2, 0.25) is 0 Å². The van der Waals surface area contributed by atoms with Gasteiger partial charge in [0, 0.05) is 16.8 Å². The van der Waals surface area contributed by atoms with Gasteiger partial charge < -0.3 is 10.1 Å². The Hall–Kier alpha value is -3.55. The number of tetrazole rings is 1. The number of aromatic nitrogens is 4. The molecule has 1 N–H and O–H groups in total. The van der Waals surface area contributed by atoms with Crippen molar-refractivity contribution in [1.29, 1.82) is 0 Å². The summed E-state index contributed by atoms with van der Waals surface area (Å²) in [6, 6.07) is 13.7. The first-order valence-corrected chi connectivity index (χ1v) is 8.86. The number of ether oxygens (including phenoxy) is 1. The Kier molecular flexibility index (Phi) is 5.78. The SMILES string of the molecule is CC(=O)c1cccc(NC(=O)c2ccc(OCc3nnnn3C(C)C)cc2)c1. The first-order chi connectivity index (χ1) is 13.4. The minimum Gasteiger partial charge on any atom is -0.486 e. The number of carbonyl (C=O) groups excluding carboxylic acids is 2. The topological polar surface area (TPSA) is 99.0 Å². The normalized spacial score (nSPS) is 10.7. The average Bonchev–Trinajstić information content (AvgIpc) is 3.16. The monoisotopic (exact) mass is 379 g/mol. The average molecular weight is 379 g/mol. The Balaban J connectivity index is 1.62. The van der Waals surface area contributed by atoms with Gasteiger partial charge in [0.25, 0.3) is 5.91 Å². The van der Waals surface area contributed by atoms with E-state index in [1.54, 1.807) is 53.2 Å². The lowest BCUT2D eigenvalue weighted by molar-refractivity contribution is 0.101. The maximum Gasteiger partial charge on any atom is 0.255 e. The Morgan fingerprint density at radius 3 is 2.54 bits per heavy atom. The summed E-state index contributed by atoms with van der Waals surface area (Å²) in [4.78, 5) is 23.9. The number of benzene rings is 2. The van der Waals surface area contributed by atoms with Crippen LogP contribution >= 0.6 is 0 Å². The molecule has 1 aromatic heterocycles. The van der Waals surface area contributed by atoms with E-state index in [1.165, 1.54) is 6.92 Å². The zero-order valence-corrected chi connectivity index (χ0v) is 15.9. The molecule has 0 spiro atoms. The highest BCUT2D eigenvalue weighted by molar-refractivity contribution is 6.05. The summed E-state index contributed by atoms with van der Waals surface area (Å²) in [5, 5.41) is 14.3. The lowest BCUT2D eigenvalue weighted by Crippen LogP contribution is -2.12. The highest BCUT2D eigenvalue weighted by atomic mass is 16.5. The van der Waals surface area contributed by atoms with Crippen molar-refractivity contribution < 1.29 is 14.3 Å². The van der Waals surface area contributed by atoms with Crippen molar-refractivity contribution in [2.24, 2.45) is 0 Å². The zero-order valence-electron chi connectivity index (χ0n) is 15.9. The molecule has 8 heteroatoms. The van der Waals surface area contributed by atoms with E-state index in [4.69, 9.17) is 4.74 Å². The molecular weight excluding hydrogens is 358 g/mol. The molecule has 0 unspecified atom stereocenters. The van der Waals surface area contributed by atoms with Crippen molar-refractivity contribution in [2.75, 3.05) is 5.32 Å². The largest absolute Gasteiger partial charge is 0.486 e. The number of Topliss-reactive ketones (excluding diaryl/α,β-unsaturated/α-hetero) is 1. The quantitative estimate of drug-likeness (QED) is 0.633. The summed E-state index contributed by atoms with van der Waals surface area (Å²) in [6.07, 6.45) is 0. The molecule has 0 atom stereocenters. The molecule has 8 nitrogen and oxygen atoms in total. The van der Waals surface area contributed by atoms with Gasteiger partial charge in [-0.05, 0) is 67.6 Å². The van der Waals surface area contributed by atoms with Crippen LogP contribution in [0.4, 0.5) is 5.69 Å². The molecule has 0 saturated heterocycles. The Morgan fingerprint density at radius 1 is 1.11 bits per heavy atom. The Labute approximate surface area is 162 Å². The van der Waals surface area contributed by atoms with Crippen molar-refractivity contribution in [1.82, 2.24) is 20.2 Å². The van der Waals surface area contributed by atoms with Gasteiger partial charge in [-0.15, -0.1) is 5.10 Å². The van der Waals surface area contributed by atoms with E-state index in [9.17, 15) is 9.59 Å². The summed E-state index contributed by atoms with van der Waals surface area (Å²) >= 11 is 0. The number of anilines is 1. The number of hydrogen-bond donors (Lipinski definition) is 1. The summed E-state index contributed by atoms with van der Waals surface area (Å²) in [7, 11) is 0. The van der Waals surface area contributed by atoms with Gasteiger partial charge in [0.05, 0.1) is 6.04 Å². The van der Waals surface area contributed by atoms with Crippen molar-refractivity contribution in [3.63, 3.8) is 0 Å². The van der Waals surface area contributed by atoms with Crippen molar-refractivity contribution in [3.05, 3.63) is 65.5 Å². The van der Waals surface area contributed by atoms with Crippen LogP contribution < -0.4 is 10.1 Å². The molecule has 0 fully saturated rings. The molecule has 144 valence electrons. The number of amides is 1. The number of hydrogen-bond acceptors (Lipinski definition) is 6. The van der Waals surface area contributed by atoms with Crippen molar-refractivity contribution in [3.8, 4) is 5.75 Å². The van der Waals surface area contributed by atoms with Gasteiger partial charge in [0.1, 0.15) is 12.4 Å². The van der Waals surface area contributed by atoms with Crippen LogP contribution in [0.3, 0.4) is 0 Å². The van der Waals surface area contributed by atoms with Gasteiger partial charge in [-0.2, -0.15) is 0 Å². The fraction of sp³-hybridized carbons (Fsp3) is 0.250. The number of rotatable bonds is 7. The summed E-state index contributed by atoms with van der Waals surface area (Å²) in [5.74, 6) is 0.910. The lowest BCUT2D eigenvalue weighted by Gasteiger charge is -2.10. The van der Waals surface area contributed by atoms with E-state index in [1.807, 2.05) is 13.8 Å². The molecule has 0 aliphatic heterocycles. The van der Waals surface area contributed by atoms with Crippen LogP contribution in [0.2, 0.25) is 0 Å². The van der Waals surface area contributed by atoms with Crippen LogP contribution in [-0.2, 0) is 6.61 Å². The van der Waals surface area contributed by atoms with E-state index in [0.29, 0.717) is 28.4 Å². The maximum atomic E-state index is 12.4. The second kappa shape index (κ2) is 8.43. The van der Waals surface area contributed by atoms with Crippen LogP contribution in [0.1, 0.15) is 53.4 Å². The smallest absolute Gasteiger partial charge is 0.255 e. The standard InChI is InChI=1S/C20H21N5O3/c1-13(2)25-19(22-23-24-25)12-28-18-9-7-15(8-10-18)20(27)21-17-6-4-5-16(11-17)14(3)26/h4-11,13H,12H2,1-3H3,(H,21,27). The van der Waals surface area contributed by atoms with Crippen molar-refractivity contribution in [2.45, 2.75) is 33.4 Å². The highest BCUT2D eigenvalue weighted by Gasteiger charge is 2.11. The second-order valence-corrected chi connectivity index (χ2v) is 6.54. The molecular formula is C20H21N5O3. The molecule has 0 aliphatic rings. The third-order valence-corrected chi connectivity index (χ3v) is 4.06. The van der Waals surface area contributed by atoms with Crippen LogP contribution in [0.15, 0.2) is 48.5 Å². The fourth-order valence-corrected chi connectivity index (χ4v) is 2.58. The lowest BCUT2D eigenvalue weighted by atomic mass is 10.1. The number of ketones is 1. The number of nitrogens with zero attached hydrogens (tertiary/aromatic N) is 4. The summed E-state index contributed by atoms with van der Waals surface area (Å²) < 4.78 is 7.40. The molecule has 2 aromatic carbocycles. The molecule has 1 amide bonds. The van der Waals surface area contributed by atoms with E-state index in [0.717, 1.165) is 0 Å². The third-order valence-electron chi connectivity index (χ3n) is 4.06. The maximum absolute atomic E-state index is 12.4. The fourth-order valence-electron chi connectivity index (χ4n) is 2.58. The molecule has 0 aliphatic carbocycles. The number of carbonyl (C=O) groups is 2. The van der Waals surface area contributed by atoms with Gasteiger partial charge in [0.15, 0.2) is 11.6 Å². The zero-order chi connectivity index (χ0) is 20.1. The van der Waals surface area contributed by atoms with Crippen LogP contribution in [0.5, 0.6) is 5.75 Å². The van der Waals surface area contributed by atoms with Gasteiger partial charge in [-0.3, -0.25) is 9.59 Å². The number of nitrogens with one attached hydrogen (secondary N) is 1. The molecule has 0 radical (unpaired) electrons. The predicted octanol–water partition coefficient (Wildman–Crippen LogP) is 3.29. The molecule has 3 rings (SSSR count). The van der Waals surface area contributed by atoms with E-state index in [2.05, 4.69) is 20.8 Å². The first kappa shape index (κ1) is 19.2. The molecule has 28 heavy (non-hydrogen) atoms. The first-order valence-electron chi connectivity index (χ1n) is 8.86. The van der Waals surface area contributed by atoms with Gasteiger partial charge in [-0.25, -0.2) is 4.68 Å². The van der Waals surface area contributed by atoms with Gasteiger partial charge in [-0.1, -0.05) is 12.1 Å². The minimum atomic E-state index is -0.268. The second-order valence-electron chi connectivity index (χ2n) is 6.54. The molecule has 1 heterocycles. The third kappa shape index (κ3) is 4.59.